The van der Waals surface area contributed by atoms with E-state index >= 15 is 0 Å². The van der Waals surface area contributed by atoms with Gasteiger partial charge in [0.1, 0.15) is 11.9 Å². The quantitative estimate of drug-likeness (QED) is 0.580. The number of pyridine rings is 1. The van der Waals surface area contributed by atoms with Gasteiger partial charge in [0.05, 0.1) is 25.3 Å². The average Bonchev–Trinajstić information content (AvgIpc) is 2.81. The number of benzene rings is 1. The molecule has 2 N–H and O–H groups in total. The summed E-state index contributed by atoms with van der Waals surface area (Å²) in [4.78, 5) is 21.1. The molecule has 0 saturated heterocycles. The number of carbonyl (C=O) groups is 1. The van der Waals surface area contributed by atoms with Crippen molar-refractivity contribution in [1.29, 1.82) is 0 Å². The summed E-state index contributed by atoms with van der Waals surface area (Å²) in [6.07, 6.45) is 4.42. The third-order valence-electron chi connectivity index (χ3n) is 5.91. The lowest BCUT2D eigenvalue weighted by Gasteiger charge is -2.34. The maximum absolute atomic E-state index is 13.2. The summed E-state index contributed by atoms with van der Waals surface area (Å²) in [6, 6.07) is 8.59. The Morgan fingerprint density at radius 1 is 1.29 bits per heavy atom. The summed E-state index contributed by atoms with van der Waals surface area (Å²) in [6.45, 7) is 5.48. The van der Waals surface area contributed by atoms with E-state index in [-0.39, 0.29) is 37.0 Å². The van der Waals surface area contributed by atoms with Crippen molar-refractivity contribution < 1.29 is 23.1 Å². The van der Waals surface area contributed by atoms with Gasteiger partial charge in [-0.1, -0.05) is 6.92 Å². The van der Waals surface area contributed by atoms with E-state index in [0.717, 1.165) is 18.4 Å². The van der Waals surface area contributed by atoms with Crippen molar-refractivity contribution in [2.24, 2.45) is 5.92 Å². The van der Waals surface area contributed by atoms with Crippen molar-refractivity contribution in [3.8, 4) is 5.75 Å². The van der Waals surface area contributed by atoms with Crippen LogP contribution in [0.4, 0.5) is 5.69 Å². The summed E-state index contributed by atoms with van der Waals surface area (Å²) in [7, 11) is -1.45. The van der Waals surface area contributed by atoms with Gasteiger partial charge >= 0.3 is 0 Å². The van der Waals surface area contributed by atoms with E-state index < -0.39 is 10.0 Å². The van der Waals surface area contributed by atoms with Gasteiger partial charge in [0, 0.05) is 49.2 Å². The van der Waals surface area contributed by atoms with Crippen LogP contribution < -0.4 is 9.46 Å². The first kappa shape index (κ1) is 25.9. The molecule has 34 heavy (non-hydrogen) atoms. The highest BCUT2D eigenvalue weighted by Crippen LogP contribution is 2.29. The minimum Gasteiger partial charge on any atom is -0.488 e. The highest BCUT2D eigenvalue weighted by atomic mass is 32.2. The van der Waals surface area contributed by atoms with Gasteiger partial charge in [-0.15, -0.1) is 0 Å². The van der Waals surface area contributed by atoms with E-state index in [1.54, 1.807) is 35.5 Å². The van der Waals surface area contributed by atoms with Crippen LogP contribution in [0.25, 0.3) is 0 Å². The Balaban J connectivity index is 1.91. The maximum atomic E-state index is 13.2. The molecule has 0 bridgehead atoms. The van der Waals surface area contributed by atoms with Crippen molar-refractivity contribution >= 4 is 21.6 Å². The molecule has 10 heteroatoms. The Kier molecular flexibility index (Phi) is 8.51. The third-order valence-corrected chi connectivity index (χ3v) is 6.52. The number of fused-ring (bicyclic) bond motifs is 1. The van der Waals surface area contributed by atoms with Crippen LogP contribution in [0.15, 0.2) is 42.7 Å². The van der Waals surface area contributed by atoms with E-state index in [9.17, 15) is 18.3 Å². The highest BCUT2D eigenvalue weighted by molar-refractivity contribution is 7.92. The molecular weight excluding hydrogens is 456 g/mol. The molecule has 9 nitrogen and oxygen atoms in total. The predicted molar refractivity (Wildman–Crippen MR) is 131 cm³/mol. The van der Waals surface area contributed by atoms with Crippen molar-refractivity contribution in [3.63, 3.8) is 0 Å². The van der Waals surface area contributed by atoms with Crippen LogP contribution in [-0.2, 0) is 27.8 Å². The fourth-order valence-corrected chi connectivity index (χ4v) is 4.65. The molecule has 186 valence electrons. The number of likely N-dealkylation sites (N-methyl/N-ethyl adjacent to an activating group) is 1. The first-order valence-corrected chi connectivity index (χ1v) is 13.2. The molecule has 3 atom stereocenters. The van der Waals surface area contributed by atoms with Crippen molar-refractivity contribution in [1.82, 2.24) is 14.8 Å². The zero-order chi connectivity index (χ0) is 24.9. The molecule has 0 unspecified atom stereocenters. The number of sulfonamides is 1. The summed E-state index contributed by atoms with van der Waals surface area (Å²) in [5.74, 6) is 0.401. The number of aromatic nitrogens is 1. The van der Waals surface area contributed by atoms with Gasteiger partial charge in [-0.2, -0.15) is 0 Å². The SMILES string of the molecule is C[C@H]1CN([C@@H](C)CO)C(=O)Cc2cc(NS(C)(=O)=O)ccc2O[C@@H]1CN(C)Cc1ccncc1. The van der Waals surface area contributed by atoms with Gasteiger partial charge in [-0.25, -0.2) is 8.42 Å². The number of aliphatic hydroxyl groups excluding tert-OH is 1. The molecule has 3 rings (SSSR count). The highest BCUT2D eigenvalue weighted by Gasteiger charge is 2.31. The predicted octanol–water partition coefficient (Wildman–Crippen LogP) is 1.73. The van der Waals surface area contributed by atoms with Crippen LogP contribution in [0.1, 0.15) is 25.0 Å². The van der Waals surface area contributed by atoms with Gasteiger partial charge in [0.25, 0.3) is 0 Å². The summed E-state index contributed by atoms with van der Waals surface area (Å²) < 4.78 is 32.3. The fourth-order valence-electron chi connectivity index (χ4n) is 4.10. The molecule has 0 saturated carbocycles. The van der Waals surface area contributed by atoms with E-state index in [4.69, 9.17) is 4.74 Å². The molecule has 0 fully saturated rings. The average molecular weight is 491 g/mol. The number of nitrogens with zero attached hydrogens (tertiary/aromatic N) is 3. The summed E-state index contributed by atoms with van der Waals surface area (Å²) >= 11 is 0. The normalized spacial score (nSPS) is 20.1. The Labute approximate surface area is 201 Å². The van der Waals surface area contributed by atoms with Gasteiger partial charge in [0.2, 0.25) is 15.9 Å². The molecule has 1 aliphatic heterocycles. The van der Waals surface area contributed by atoms with Crippen LogP contribution >= 0.6 is 0 Å². The third kappa shape index (κ3) is 7.15. The number of rotatable bonds is 8. The number of amides is 1. The van der Waals surface area contributed by atoms with E-state index in [2.05, 4.69) is 14.6 Å². The molecule has 0 aliphatic carbocycles. The summed E-state index contributed by atoms with van der Waals surface area (Å²) in [5, 5.41) is 9.75. The maximum Gasteiger partial charge on any atom is 0.229 e. The number of nitrogens with one attached hydrogen (secondary N) is 1. The first-order chi connectivity index (χ1) is 16.1. The molecular formula is C24H34N4O5S. The van der Waals surface area contributed by atoms with Gasteiger partial charge in [-0.05, 0) is 49.9 Å². The zero-order valence-electron chi connectivity index (χ0n) is 20.1. The molecule has 1 aromatic carbocycles. The van der Waals surface area contributed by atoms with Gasteiger partial charge in [-0.3, -0.25) is 19.4 Å². The zero-order valence-corrected chi connectivity index (χ0v) is 21.0. The van der Waals surface area contributed by atoms with Gasteiger partial charge in [0.15, 0.2) is 0 Å². The second-order valence-electron chi connectivity index (χ2n) is 9.14. The number of ether oxygens (including phenoxy) is 1. The Morgan fingerprint density at radius 3 is 2.65 bits per heavy atom. The number of hydrogen-bond donors (Lipinski definition) is 2. The standard InChI is InChI=1S/C24H34N4O5S/c1-17-13-28(18(2)16-29)24(30)12-20-11-21(26-34(4,31)32)5-6-22(20)33-23(17)15-27(3)14-19-7-9-25-10-8-19/h5-11,17-18,23,26,29H,12-16H2,1-4H3/t17-,18-,23+/m0/s1. The fraction of sp³-hybridized carbons (Fsp3) is 0.500. The lowest BCUT2D eigenvalue weighted by atomic mass is 10.0. The molecule has 1 aromatic heterocycles. The second kappa shape index (κ2) is 11.2. The van der Waals surface area contributed by atoms with Crippen molar-refractivity contribution in [2.75, 3.05) is 37.7 Å². The second-order valence-corrected chi connectivity index (χ2v) is 10.9. The lowest BCUT2D eigenvalue weighted by Crippen LogP contribution is -2.47. The van der Waals surface area contributed by atoms with E-state index in [1.807, 2.05) is 33.0 Å². The minimum absolute atomic E-state index is 0.0161. The number of aliphatic hydroxyl groups is 1. The Bertz CT molecular complexity index is 1080. The molecule has 0 spiro atoms. The summed E-state index contributed by atoms with van der Waals surface area (Å²) in [5.41, 5.74) is 2.11. The molecule has 2 heterocycles. The van der Waals surface area contributed by atoms with Gasteiger partial charge < -0.3 is 14.7 Å². The van der Waals surface area contributed by atoms with Crippen LogP contribution in [0, 0.1) is 5.92 Å². The monoisotopic (exact) mass is 490 g/mol. The van der Waals surface area contributed by atoms with Crippen LogP contribution in [-0.4, -0.2) is 79.4 Å². The molecule has 2 aromatic rings. The topological polar surface area (TPSA) is 112 Å². The molecule has 0 radical (unpaired) electrons. The minimum atomic E-state index is -3.46. The van der Waals surface area contributed by atoms with Crippen molar-refractivity contribution in [3.05, 3.63) is 53.9 Å². The lowest BCUT2D eigenvalue weighted by molar-refractivity contribution is -0.134. The molecule has 1 amide bonds. The Morgan fingerprint density at radius 2 is 2.00 bits per heavy atom. The first-order valence-electron chi connectivity index (χ1n) is 11.3. The van der Waals surface area contributed by atoms with E-state index in [0.29, 0.717) is 30.1 Å². The van der Waals surface area contributed by atoms with Crippen LogP contribution in [0.5, 0.6) is 5.75 Å². The number of carbonyl (C=O) groups excluding carboxylic acids is 1. The van der Waals surface area contributed by atoms with Crippen molar-refractivity contribution in [2.45, 2.75) is 39.0 Å². The number of hydrogen-bond acceptors (Lipinski definition) is 7. The Hall–Kier alpha value is -2.69. The molecule has 1 aliphatic rings. The smallest absolute Gasteiger partial charge is 0.229 e. The van der Waals surface area contributed by atoms with Crippen LogP contribution in [0.3, 0.4) is 0 Å². The largest absolute Gasteiger partial charge is 0.488 e. The van der Waals surface area contributed by atoms with E-state index in [1.165, 1.54) is 0 Å². The van der Waals surface area contributed by atoms with Crippen LogP contribution in [0.2, 0.25) is 0 Å². The number of anilines is 1.